The van der Waals surface area contributed by atoms with Crippen molar-refractivity contribution in [3.63, 3.8) is 0 Å². The molecule has 0 amide bonds. The van der Waals surface area contributed by atoms with Gasteiger partial charge in [0.15, 0.2) is 0 Å². The van der Waals surface area contributed by atoms with Crippen molar-refractivity contribution >= 4 is 33.3 Å². The fourth-order valence-corrected chi connectivity index (χ4v) is 3.02. The van der Waals surface area contributed by atoms with Crippen molar-refractivity contribution in [2.75, 3.05) is 0 Å². The first kappa shape index (κ1) is 12.4. The summed E-state index contributed by atoms with van der Waals surface area (Å²) in [4.78, 5) is 0.279. The zero-order chi connectivity index (χ0) is 13.5. The third kappa shape index (κ3) is 2.40. The third-order valence-corrected chi connectivity index (χ3v) is 3.82. The van der Waals surface area contributed by atoms with Gasteiger partial charge >= 0.3 is 5.51 Å². The zero-order valence-corrected chi connectivity index (χ0v) is 10.6. The zero-order valence-electron chi connectivity index (χ0n) is 9.74. The predicted octanol–water partition coefficient (Wildman–Crippen LogP) is 5.60. The highest BCUT2D eigenvalue weighted by Gasteiger charge is 2.31. The van der Waals surface area contributed by atoms with Gasteiger partial charge in [0.05, 0.1) is 0 Å². The maximum atomic E-state index is 12.8. The Balaban J connectivity index is 2.39. The first-order valence-corrected chi connectivity index (χ1v) is 6.52. The average Bonchev–Trinajstić information content (AvgIpc) is 2.37. The SMILES string of the molecule is FC(F)(F)Sc1c2ccccc2cc2ccccc12. The van der Waals surface area contributed by atoms with Gasteiger partial charge in [-0.1, -0.05) is 48.5 Å². The van der Waals surface area contributed by atoms with Gasteiger partial charge in [0.2, 0.25) is 0 Å². The Morgan fingerprint density at radius 1 is 0.737 bits per heavy atom. The highest BCUT2D eigenvalue weighted by molar-refractivity contribution is 8.00. The van der Waals surface area contributed by atoms with E-state index >= 15 is 0 Å². The normalized spacial score (nSPS) is 12.2. The molecule has 0 saturated carbocycles. The Labute approximate surface area is 112 Å². The van der Waals surface area contributed by atoms with Crippen LogP contribution in [-0.4, -0.2) is 5.51 Å². The van der Waals surface area contributed by atoms with Crippen LogP contribution in [0.25, 0.3) is 21.5 Å². The second-order valence-corrected chi connectivity index (χ2v) is 5.27. The van der Waals surface area contributed by atoms with Crippen LogP contribution >= 0.6 is 11.8 Å². The van der Waals surface area contributed by atoms with Gasteiger partial charge in [0.25, 0.3) is 0 Å². The molecule has 19 heavy (non-hydrogen) atoms. The molecular weight excluding hydrogens is 269 g/mol. The molecular formula is C15H9F3S. The van der Waals surface area contributed by atoms with E-state index < -0.39 is 5.51 Å². The topological polar surface area (TPSA) is 0 Å². The van der Waals surface area contributed by atoms with E-state index in [-0.39, 0.29) is 16.7 Å². The van der Waals surface area contributed by atoms with Gasteiger partial charge in [-0.15, -0.1) is 0 Å². The number of alkyl halides is 3. The van der Waals surface area contributed by atoms with Crippen LogP contribution in [0.4, 0.5) is 13.2 Å². The molecule has 0 bridgehead atoms. The standard InChI is InChI=1S/C15H9F3S/c16-15(17,18)19-14-12-7-3-1-5-10(12)9-11-6-2-4-8-13(11)14/h1-9H. The van der Waals surface area contributed by atoms with E-state index in [0.717, 1.165) is 10.8 Å². The van der Waals surface area contributed by atoms with E-state index in [2.05, 4.69) is 0 Å². The summed E-state index contributed by atoms with van der Waals surface area (Å²) in [6.07, 6.45) is 0. The predicted molar refractivity (Wildman–Crippen MR) is 73.4 cm³/mol. The summed E-state index contributed by atoms with van der Waals surface area (Å²) >= 11 is -0.0403. The minimum absolute atomic E-state index is 0.0403. The van der Waals surface area contributed by atoms with Crippen molar-refractivity contribution in [3.05, 3.63) is 54.6 Å². The van der Waals surface area contributed by atoms with E-state index in [1.165, 1.54) is 0 Å². The van der Waals surface area contributed by atoms with Crippen LogP contribution in [0, 0.1) is 0 Å². The molecule has 0 spiro atoms. The molecule has 0 fully saturated rings. The fraction of sp³-hybridized carbons (Fsp3) is 0.0667. The van der Waals surface area contributed by atoms with Gasteiger partial charge in [0.1, 0.15) is 0 Å². The fourth-order valence-electron chi connectivity index (χ4n) is 2.20. The Hall–Kier alpha value is -1.68. The Bertz CT molecular complexity index is 693. The van der Waals surface area contributed by atoms with Gasteiger partial charge in [-0.2, -0.15) is 13.2 Å². The molecule has 0 unspecified atom stereocenters. The Morgan fingerprint density at radius 2 is 1.21 bits per heavy atom. The molecule has 0 heterocycles. The third-order valence-electron chi connectivity index (χ3n) is 2.94. The lowest BCUT2D eigenvalue weighted by molar-refractivity contribution is -0.0327. The summed E-state index contributed by atoms with van der Waals surface area (Å²) in [5.41, 5.74) is -4.28. The van der Waals surface area contributed by atoms with Crippen molar-refractivity contribution in [3.8, 4) is 0 Å². The largest absolute Gasteiger partial charge is 0.446 e. The summed E-state index contributed by atoms with van der Waals surface area (Å²) in [6.45, 7) is 0. The summed E-state index contributed by atoms with van der Waals surface area (Å²) < 4.78 is 38.3. The van der Waals surface area contributed by atoms with Crippen molar-refractivity contribution < 1.29 is 13.2 Å². The minimum Gasteiger partial charge on any atom is -0.160 e. The number of thioether (sulfide) groups is 1. The van der Waals surface area contributed by atoms with Crippen LogP contribution in [-0.2, 0) is 0 Å². The number of hydrogen-bond donors (Lipinski definition) is 0. The molecule has 0 radical (unpaired) electrons. The van der Waals surface area contributed by atoms with E-state index in [1.54, 1.807) is 24.3 Å². The van der Waals surface area contributed by atoms with Crippen LogP contribution < -0.4 is 0 Å². The molecule has 0 atom stereocenters. The van der Waals surface area contributed by atoms with E-state index in [0.29, 0.717) is 10.8 Å². The Morgan fingerprint density at radius 3 is 1.68 bits per heavy atom. The summed E-state index contributed by atoms with van der Waals surface area (Å²) in [5, 5.41) is 2.94. The molecule has 4 heteroatoms. The van der Waals surface area contributed by atoms with E-state index in [1.807, 2.05) is 30.3 Å². The number of halogens is 3. The van der Waals surface area contributed by atoms with Gasteiger partial charge in [-0.05, 0) is 39.4 Å². The summed E-state index contributed by atoms with van der Waals surface area (Å²) in [6, 6.07) is 16.2. The first-order valence-electron chi connectivity index (χ1n) is 5.71. The van der Waals surface area contributed by atoms with E-state index in [4.69, 9.17) is 0 Å². The Kier molecular flexibility index (Phi) is 2.90. The molecule has 3 aromatic rings. The van der Waals surface area contributed by atoms with Crippen molar-refractivity contribution in [1.29, 1.82) is 0 Å². The number of benzene rings is 3. The lowest BCUT2D eigenvalue weighted by atomic mass is 10.0. The molecule has 0 aliphatic carbocycles. The van der Waals surface area contributed by atoms with Crippen LogP contribution in [0.1, 0.15) is 0 Å². The lowest BCUT2D eigenvalue weighted by Gasteiger charge is -2.12. The van der Waals surface area contributed by atoms with Gasteiger partial charge < -0.3 is 0 Å². The monoisotopic (exact) mass is 278 g/mol. The molecule has 0 aromatic heterocycles. The highest BCUT2D eigenvalue weighted by Crippen LogP contribution is 2.44. The van der Waals surface area contributed by atoms with Gasteiger partial charge in [-0.3, -0.25) is 0 Å². The number of fused-ring (bicyclic) bond motifs is 2. The highest BCUT2D eigenvalue weighted by atomic mass is 32.2. The van der Waals surface area contributed by atoms with Crippen molar-refractivity contribution in [2.24, 2.45) is 0 Å². The number of hydrogen-bond acceptors (Lipinski definition) is 1. The molecule has 0 aliphatic heterocycles. The molecule has 0 N–H and O–H groups in total. The average molecular weight is 278 g/mol. The van der Waals surface area contributed by atoms with E-state index in [9.17, 15) is 13.2 Å². The van der Waals surface area contributed by atoms with Crippen LogP contribution in [0.2, 0.25) is 0 Å². The van der Waals surface area contributed by atoms with Crippen molar-refractivity contribution in [2.45, 2.75) is 10.4 Å². The summed E-state index contributed by atoms with van der Waals surface area (Å²) in [5.74, 6) is 0. The quantitative estimate of drug-likeness (QED) is 0.412. The van der Waals surface area contributed by atoms with Crippen LogP contribution in [0.15, 0.2) is 59.5 Å². The maximum Gasteiger partial charge on any atom is 0.446 e. The second-order valence-electron chi connectivity index (χ2n) is 4.20. The summed E-state index contributed by atoms with van der Waals surface area (Å²) in [7, 11) is 0. The van der Waals surface area contributed by atoms with Crippen LogP contribution in [0.3, 0.4) is 0 Å². The van der Waals surface area contributed by atoms with Crippen molar-refractivity contribution in [1.82, 2.24) is 0 Å². The first-order chi connectivity index (χ1) is 9.04. The minimum atomic E-state index is -4.28. The smallest absolute Gasteiger partial charge is 0.160 e. The molecule has 3 aromatic carbocycles. The van der Waals surface area contributed by atoms with Gasteiger partial charge in [0, 0.05) is 4.90 Å². The molecule has 96 valence electrons. The molecule has 0 saturated heterocycles. The molecule has 0 nitrogen and oxygen atoms in total. The van der Waals surface area contributed by atoms with Crippen LogP contribution in [0.5, 0.6) is 0 Å². The second kappa shape index (κ2) is 4.46. The maximum absolute atomic E-state index is 12.8. The van der Waals surface area contributed by atoms with Gasteiger partial charge in [-0.25, -0.2) is 0 Å². The lowest BCUT2D eigenvalue weighted by Crippen LogP contribution is -1.99. The number of rotatable bonds is 1. The molecule has 0 aliphatic rings. The molecule has 3 rings (SSSR count).